The van der Waals surface area contributed by atoms with Gasteiger partial charge in [0.05, 0.1) is 16.7 Å². The van der Waals surface area contributed by atoms with Crippen LogP contribution >= 0.6 is 23.2 Å². The highest BCUT2D eigenvalue weighted by atomic mass is 35.5. The molecule has 0 aliphatic heterocycles. The average Bonchev–Trinajstić information content (AvgIpc) is 3.45. The minimum Gasteiger partial charge on any atom is -0.494 e. The number of hydrogen-bond acceptors (Lipinski definition) is 3. The van der Waals surface area contributed by atoms with Gasteiger partial charge >= 0.3 is 0 Å². The quantitative estimate of drug-likeness (QED) is 0.236. The number of hydrogen-bond donors (Lipinski definition) is 1. The maximum Gasteiger partial charge on any atom is 0.243 e. The first kappa shape index (κ1) is 29.0. The summed E-state index contributed by atoms with van der Waals surface area (Å²) in [5, 5.41) is 4.10. The second-order valence-corrected chi connectivity index (χ2v) is 11.0. The van der Waals surface area contributed by atoms with E-state index < -0.39 is 6.04 Å². The normalized spacial score (nSPS) is 14.1. The van der Waals surface area contributed by atoms with Crippen LogP contribution < -0.4 is 10.1 Å². The number of rotatable bonds is 12. The van der Waals surface area contributed by atoms with Crippen molar-refractivity contribution in [1.29, 1.82) is 0 Å². The lowest BCUT2D eigenvalue weighted by atomic mass is 10.0. The van der Waals surface area contributed by atoms with Gasteiger partial charge in [-0.2, -0.15) is 0 Å². The second kappa shape index (κ2) is 14.4. The molecule has 0 heterocycles. The van der Waals surface area contributed by atoms with Crippen molar-refractivity contribution in [1.82, 2.24) is 10.2 Å². The average molecular weight is 568 g/mol. The van der Waals surface area contributed by atoms with Gasteiger partial charge in [0.2, 0.25) is 11.8 Å². The number of halogens is 2. The van der Waals surface area contributed by atoms with Gasteiger partial charge in [-0.25, -0.2) is 0 Å². The monoisotopic (exact) mass is 566 g/mol. The molecule has 0 aromatic heterocycles. The minimum absolute atomic E-state index is 0.101. The van der Waals surface area contributed by atoms with Crippen molar-refractivity contribution in [3.63, 3.8) is 0 Å². The van der Waals surface area contributed by atoms with Gasteiger partial charge in [0, 0.05) is 25.4 Å². The maximum atomic E-state index is 13.8. The first-order chi connectivity index (χ1) is 18.9. The first-order valence-electron chi connectivity index (χ1n) is 13.7. The molecule has 39 heavy (non-hydrogen) atoms. The molecule has 1 atom stereocenters. The van der Waals surface area contributed by atoms with Crippen LogP contribution in [0.15, 0.2) is 72.8 Å². The Bertz CT molecular complexity index is 1230. The number of ether oxygens (including phenoxy) is 1. The molecular weight excluding hydrogens is 531 g/mol. The van der Waals surface area contributed by atoms with Gasteiger partial charge in [0.25, 0.3) is 0 Å². The zero-order valence-electron chi connectivity index (χ0n) is 22.4. The molecule has 0 bridgehead atoms. The molecule has 2 amide bonds. The number of amides is 2. The lowest BCUT2D eigenvalue weighted by molar-refractivity contribution is -0.141. The molecule has 1 aliphatic rings. The summed E-state index contributed by atoms with van der Waals surface area (Å²) in [4.78, 5) is 29.2. The summed E-state index contributed by atoms with van der Waals surface area (Å²) in [6, 6.07) is 22.5. The van der Waals surface area contributed by atoms with Crippen LogP contribution in [0.2, 0.25) is 10.0 Å². The topological polar surface area (TPSA) is 58.6 Å². The Morgan fingerprint density at radius 1 is 0.949 bits per heavy atom. The van der Waals surface area contributed by atoms with E-state index in [1.807, 2.05) is 67.6 Å². The van der Waals surface area contributed by atoms with Gasteiger partial charge in [0.15, 0.2) is 0 Å². The van der Waals surface area contributed by atoms with Gasteiger partial charge in [-0.3, -0.25) is 9.59 Å². The number of carbonyl (C=O) groups excluding carboxylic acids is 2. The maximum absolute atomic E-state index is 13.8. The van der Waals surface area contributed by atoms with Crippen molar-refractivity contribution in [2.75, 3.05) is 6.61 Å². The van der Waals surface area contributed by atoms with Crippen molar-refractivity contribution in [3.05, 3.63) is 99.5 Å². The van der Waals surface area contributed by atoms with Crippen LogP contribution in [0, 0.1) is 6.92 Å². The van der Waals surface area contributed by atoms with Gasteiger partial charge in [-0.15, -0.1) is 0 Å². The van der Waals surface area contributed by atoms with Crippen LogP contribution in [0.3, 0.4) is 0 Å². The van der Waals surface area contributed by atoms with E-state index in [-0.39, 0.29) is 30.8 Å². The summed E-state index contributed by atoms with van der Waals surface area (Å²) < 4.78 is 5.85. The molecule has 4 rings (SSSR count). The Labute approximate surface area is 241 Å². The van der Waals surface area contributed by atoms with Crippen LogP contribution in [0.1, 0.15) is 55.2 Å². The van der Waals surface area contributed by atoms with E-state index in [1.54, 1.807) is 17.0 Å². The third-order valence-corrected chi connectivity index (χ3v) is 7.87. The minimum atomic E-state index is -0.659. The summed E-state index contributed by atoms with van der Waals surface area (Å²) in [7, 11) is 0. The molecular formula is C32H36Cl2N2O3. The summed E-state index contributed by atoms with van der Waals surface area (Å²) in [5.74, 6) is 0.560. The van der Waals surface area contributed by atoms with Crippen LogP contribution in [-0.2, 0) is 22.6 Å². The Morgan fingerprint density at radius 2 is 1.67 bits per heavy atom. The number of carbonyl (C=O) groups is 2. The highest BCUT2D eigenvalue weighted by Crippen LogP contribution is 2.25. The third kappa shape index (κ3) is 8.74. The first-order valence-corrected chi connectivity index (χ1v) is 14.4. The van der Waals surface area contributed by atoms with Crippen LogP contribution in [0.25, 0.3) is 0 Å². The second-order valence-electron chi connectivity index (χ2n) is 10.2. The lowest BCUT2D eigenvalue weighted by Crippen LogP contribution is -2.52. The van der Waals surface area contributed by atoms with E-state index in [0.29, 0.717) is 29.5 Å². The zero-order valence-corrected chi connectivity index (χ0v) is 23.9. The van der Waals surface area contributed by atoms with Gasteiger partial charge < -0.3 is 15.0 Å². The Morgan fingerprint density at radius 3 is 2.36 bits per heavy atom. The predicted octanol–water partition coefficient (Wildman–Crippen LogP) is 7.16. The Hall–Kier alpha value is -3.02. The van der Waals surface area contributed by atoms with Gasteiger partial charge in [-0.1, -0.05) is 90.1 Å². The van der Waals surface area contributed by atoms with Crippen LogP contribution in [0.4, 0.5) is 0 Å². The molecule has 0 unspecified atom stereocenters. The third-order valence-electron chi connectivity index (χ3n) is 7.13. The van der Waals surface area contributed by atoms with E-state index in [1.165, 1.54) is 0 Å². The molecule has 1 fully saturated rings. The van der Waals surface area contributed by atoms with Crippen molar-refractivity contribution in [2.24, 2.45) is 0 Å². The standard InChI is InChI=1S/C32H36Cl2N2O3/c1-23-13-16-27(17-14-23)39-19-7-12-31(37)36(22-25-15-18-28(33)29(34)20-25)30(21-24-8-3-2-4-9-24)32(38)35-26-10-5-6-11-26/h2-4,8-9,13-18,20,26,30H,5-7,10-12,19,21-22H2,1H3,(H,35,38)/t30-/m0/s1. The fraction of sp³-hybridized carbons (Fsp3) is 0.375. The van der Waals surface area contributed by atoms with Crippen molar-refractivity contribution >= 4 is 35.0 Å². The molecule has 3 aromatic carbocycles. The molecule has 3 aromatic rings. The zero-order chi connectivity index (χ0) is 27.6. The van der Waals surface area contributed by atoms with Gasteiger partial charge in [-0.05, 0) is 61.6 Å². The highest BCUT2D eigenvalue weighted by molar-refractivity contribution is 6.42. The van der Waals surface area contributed by atoms with Crippen LogP contribution in [-0.4, -0.2) is 35.4 Å². The molecule has 0 saturated heterocycles. The smallest absolute Gasteiger partial charge is 0.243 e. The van der Waals surface area contributed by atoms with E-state index in [2.05, 4.69) is 5.32 Å². The molecule has 7 heteroatoms. The van der Waals surface area contributed by atoms with E-state index in [4.69, 9.17) is 27.9 Å². The molecule has 0 radical (unpaired) electrons. The molecule has 206 valence electrons. The Balaban J connectivity index is 1.53. The molecule has 1 aliphatic carbocycles. The number of nitrogens with zero attached hydrogens (tertiary/aromatic N) is 1. The van der Waals surface area contributed by atoms with Crippen molar-refractivity contribution in [3.8, 4) is 5.75 Å². The van der Waals surface area contributed by atoms with Crippen LogP contribution in [0.5, 0.6) is 5.75 Å². The molecule has 0 spiro atoms. The fourth-order valence-electron chi connectivity index (χ4n) is 4.95. The van der Waals surface area contributed by atoms with Crippen molar-refractivity contribution in [2.45, 2.75) is 70.5 Å². The molecule has 1 saturated carbocycles. The lowest BCUT2D eigenvalue weighted by Gasteiger charge is -2.32. The van der Waals surface area contributed by atoms with Crippen molar-refractivity contribution < 1.29 is 14.3 Å². The van der Waals surface area contributed by atoms with E-state index in [9.17, 15) is 9.59 Å². The van der Waals surface area contributed by atoms with Gasteiger partial charge in [0.1, 0.15) is 11.8 Å². The SMILES string of the molecule is Cc1ccc(OCCCC(=O)N(Cc2ccc(Cl)c(Cl)c2)[C@@H](Cc2ccccc2)C(=O)NC2CCCC2)cc1. The number of benzene rings is 3. The summed E-state index contributed by atoms with van der Waals surface area (Å²) in [6.45, 7) is 2.69. The highest BCUT2D eigenvalue weighted by Gasteiger charge is 2.32. The van der Waals surface area contributed by atoms with E-state index in [0.717, 1.165) is 48.1 Å². The number of nitrogens with one attached hydrogen (secondary N) is 1. The molecule has 5 nitrogen and oxygen atoms in total. The van der Waals surface area contributed by atoms with E-state index >= 15 is 0 Å². The summed E-state index contributed by atoms with van der Waals surface area (Å²) in [6.07, 6.45) is 5.39. The molecule has 1 N–H and O–H groups in total. The Kier molecular flexibility index (Phi) is 10.7. The summed E-state index contributed by atoms with van der Waals surface area (Å²) >= 11 is 12.4. The fourth-order valence-corrected chi connectivity index (χ4v) is 5.27. The largest absolute Gasteiger partial charge is 0.494 e. The number of aryl methyl sites for hydroxylation is 1. The summed E-state index contributed by atoms with van der Waals surface area (Å²) in [5.41, 5.74) is 2.98. The predicted molar refractivity (Wildman–Crippen MR) is 157 cm³/mol.